The van der Waals surface area contributed by atoms with Crippen molar-refractivity contribution in [3.8, 4) is 0 Å². The molecule has 0 spiro atoms. The van der Waals surface area contributed by atoms with E-state index in [-0.39, 0.29) is 16.5 Å². The van der Waals surface area contributed by atoms with E-state index in [0.717, 1.165) is 42.9 Å². The number of carbonyl (C=O) groups excluding carboxylic acids is 1. The first-order chi connectivity index (χ1) is 18.5. The molecule has 208 valence electrons. The van der Waals surface area contributed by atoms with Crippen LogP contribution in [0.5, 0.6) is 0 Å². The van der Waals surface area contributed by atoms with Gasteiger partial charge in [-0.05, 0) is 41.5 Å². The van der Waals surface area contributed by atoms with Gasteiger partial charge in [0.2, 0.25) is 5.91 Å². The lowest BCUT2D eigenvalue weighted by molar-refractivity contribution is -0.137. The molecule has 3 aromatic rings. The van der Waals surface area contributed by atoms with Crippen molar-refractivity contribution in [2.45, 2.75) is 24.2 Å². The molecule has 0 aromatic heterocycles. The third-order valence-corrected chi connectivity index (χ3v) is 8.25. The summed E-state index contributed by atoms with van der Waals surface area (Å²) in [6.07, 6.45) is -4.74. The molecule has 0 radical (unpaired) electrons. The Labute approximate surface area is 230 Å². The predicted molar refractivity (Wildman–Crippen MR) is 142 cm³/mol. The number of ether oxygens (including phenoxy) is 1. The Morgan fingerprint density at radius 1 is 0.974 bits per heavy atom. The third kappa shape index (κ3) is 7.51. The lowest BCUT2D eigenvalue weighted by Crippen LogP contribution is -2.41. The number of rotatable bonds is 9. The average Bonchev–Trinajstić information content (AvgIpc) is 2.91. The van der Waals surface area contributed by atoms with E-state index in [1.807, 2.05) is 24.3 Å². The third-order valence-electron chi connectivity index (χ3n) is 6.15. The van der Waals surface area contributed by atoms with Crippen LogP contribution in [0.15, 0.2) is 77.7 Å². The summed E-state index contributed by atoms with van der Waals surface area (Å²) in [4.78, 5) is 15.0. The highest BCUT2D eigenvalue weighted by molar-refractivity contribution is 7.92. The Balaban J connectivity index is 1.54. The zero-order valence-corrected chi connectivity index (χ0v) is 22.4. The second-order valence-corrected chi connectivity index (χ2v) is 11.2. The Morgan fingerprint density at radius 3 is 2.36 bits per heavy atom. The van der Waals surface area contributed by atoms with E-state index in [1.165, 1.54) is 24.3 Å². The van der Waals surface area contributed by atoms with E-state index in [1.54, 1.807) is 6.07 Å². The van der Waals surface area contributed by atoms with Gasteiger partial charge in [0, 0.05) is 26.2 Å². The fourth-order valence-corrected chi connectivity index (χ4v) is 5.86. The first-order valence-electron chi connectivity index (χ1n) is 12.1. The van der Waals surface area contributed by atoms with Gasteiger partial charge in [0.1, 0.15) is 6.54 Å². The average molecular weight is 582 g/mol. The van der Waals surface area contributed by atoms with Gasteiger partial charge in [-0.3, -0.25) is 14.0 Å². The molecular weight excluding hydrogens is 555 g/mol. The van der Waals surface area contributed by atoms with Gasteiger partial charge in [-0.15, -0.1) is 0 Å². The van der Waals surface area contributed by atoms with Crippen LogP contribution in [0.4, 0.5) is 18.9 Å². The molecule has 0 saturated carbocycles. The first-order valence-corrected chi connectivity index (χ1v) is 13.9. The van der Waals surface area contributed by atoms with E-state index < -0.39 is 39.9 Å². The summed E-state index contributed by atoms with van der Waals surface area (Å²) in [6.45, 7) is 3.05. The van der Waals surface area contributed by atoms with Crippen LogP contribution in [-0.4, -0.2) is 52.1 Å². The molecule has 1 N–H and O–H groups in total. The zero-order chi connectivity index (χ0) is 28.0. The van der Waals surface area contributed by atoms with Crippen molar-refractivity contribution < 1.29 is 31.1 Å². The fourth-order valence-electron chi connectivity index (χ4n) is 4.14. The number of hydrogen-bond donors (Lipinski definition) is 1. The second kappa shape index (κ2) is 12.4. The van der Waals surface area contributed by atoms with Crippen LogP contribution in [0.25, 0.3) is 0 Å². The zero-order valence-electron chi connectivity index (χ0n) is 20.8. The van der Waals surface area contributed by atoms with Gasteiger partial charge in [0.25, 0.3) is 10.0 Å². The number of benzene rings is 3. The minimum absolute atomic E-state index is 0.103. The molecule has 0 bridgehead atoms. The van der Waals surface area contributed by atoms with E-state index in [0.29, 0.717) is 23.6 Å². The van der Waals surface area contributed by atoms with Crippen molar-refractivity contribution in [3.05, 3.63) is 94.5 Å². The van der Waals surface area contributed by atoms with Crippen LogP contribution in [0.3, 0.4) is 0 Å². The number of morpholine rings is 1. The van der Waals surface area contributed by atoms with E-state index in [4.69, 9.17) is 16.3 Å². The molecule has 7 nitrogen and oxygen atoms in total. The summed E-state index contributed by atoms with van der Waals surface area (Å²) >= 11 is 6.17. The molecule has 12 heteroatoms. The smallest absolute Gasteiger partial charge is 0.379 e. The maximum absolute atomic E-state index is 13.5. The standard InChI is InChI=1S/C27H27ClF3N3O4S/c28-24-10-9-22(27(29,30)31)16-25(24)34(39(36,37)23-7-2-1-3-8-23)19-26(35)32-17-20-5-4-6-21(15-20)18-33-11-13-38-14-12-33/h1-10,15-16H,11-14,17-19H2,(H,32,35). The topological polar surface area (TPSA) is 79.0 Å². The van der Waals surface area contributed by atoms with Crippen LogP contribution in [0.2, 0.25) is 5.02 Å². The monoisotopic (exact) mass is 581 g/mol. The number of nitrogens with zero attached hydrogens (tertiary/aromatic N) is 2. The Bertz CT molecular complexity index is 1400. The summed E-state index contributed by atoms with van der Waals surface area (Å²) in [5, 5.41) is 2.43. The lowest BCUT2D eigenvalue weighted by atomic mass is 10.1. The summed E-state index contributed by atoms with van der Waals surface area (Å²) in [5.41, 5.74) is 0.307. The lowest BCUT2D eigenvalue weighted by Gasteiger charge is -2.26. The fraction of sp³-hybridized carbons (Fsp3) is 0.296. The number of halogens is 4. The molecule has 0 atom stereocenters. The highest BCUT2D eigenvalue weighted by Gasteiger charge is 2.34. The summed E-state index contributed by atoms with van der Waals surface area (Å²) in [5.74, 6) is -0.707. The van der Waals surface area contributed by atoms with Crippen LogP contribution in [-0.2, 0) is 38.8 Å². The van der Waals surface area contributed by atoms with Crippen molar-refractivity contribution in [2.75, 3.05) is 37.2 Å². The van der Waals surface area contributed by atoms with Gasteiger partial charge in [-0.25, -0.2) is 8.42 Å². The maximum Gasteiger partial charge on any atom is 0.416 e. The van der Waals surface area contributed by atoms with Crippen molar-refractivity contribution in [1.82, 2.24) is 10.2 Å². The van der Waals surface area contributed by atoms with Gasteiger partial charge < -0.3 is 10.1 Å². The second-order valence-electron chi connectivity index (χ2n) is 8.97. The molecule has 0 unspecified atom stereocenters. The SMILES string of the molecule is O=C(CN(c1cc(C(F)(F)F)ccc1Cl)S(=O)(=O)c1ccccc1)NCc1cccc(CN2CCOCC2)c1. The van der Waals surface area contributed by atoms with E-state index >= 15 is 0 Å². The minimum Gasteiger partial charge on any atom is -0.379 e. The molecule has 39 heavy (non-hydrogen) atoms. The van der Waals surface area contributed by atoms with E-state index in [9.17, 15) is 26.4 Å². The van der Waals surface area contributed by atoms with Crippen molar-refractivity contribution in [1.29, 1.82) is 0 Å². The quantitative estimate of drug-likeness (QED) is 0.396. The van der Waals surface area contributed by atoms with Gasteiger partial charge in [-0.2, -0.15) is 13.2 Å². The molecule has 1 saturated heterocycles. The highest BCUT2D eigenvalue weighted by Crippen LogP contribution is 2.37. The number of sulfonamides is 1. The molecule has 1 amide bonds. The summed E-state index contributed by atoms with van der Waals surface area (Å²) in [6, 6.07) is 17.1. The summed E-state index contributed by atoms with van der Waals surface area (Å²) in [7, 11) is -4.44. The molecule has 1 fully saturated rings. The predicted octanol–water partition coefficient (Wildman–Crippen LogP) is 4.70. The van der Waals surface area contributed by atoms with Crippen LogP contribution in [0, 0.1) is 0 Å². The van der Waals surface area contributed by atoms with Crippen LogP contribution in [0.1, 0.15) is 16.7 Å². The van der Waals surface area contributed by atoms with Crippen LogP contribution < -0.4 is 9.62 Å². The van der Waals surface area contributed by atoms with Gasteiger partial charge >= 0.3 is 6.18 Å². The number of nitrogens with one attached hydrogen (secondary N) is 1. The Kier molecular flexibility index (Phi) is 9.16. The maximum atomic E-state index is 13.5. The molecule has 0 aliphatic carbocycles. The van der Waals surface area contributed by atoms with Crippen LogP contribution >= 0.6 is 11.6 Å². The first kappa shape index (κ1) is 28.9. The van der Waals surface area contributed by atoms with Gasteiger partial charge in [-0.1, -0.05) is 54.1 Å². The Hall–Kier alpha value is -3.12. The molecular formula is C27H27ClF3N3O4S. The minimum atomic E-state index is -4.74. The molecule has 1 aliphatic rings. The van der Waals surface area contributed by atoms with E-state index in [2.05, 4.69) is 10.2 Å². The number of carbonyl (C=O) groups is 1. The Morgan fingerprint density at radius 2 is 1.67 bits per heavy atom. The number of anilines is 1. The number of alkyl halides is 3. The van der Waals surface area contributed by atoms with Crippen molar-refractivity contribution >= 4 is 33.2 Å². The normalized spacial score (nSPS) is 14.7. The summed E-state index contributed by atoms with van der Waals surface area (Å²) < 4.78 is 73.2. The molecule has 4 rings (SSSR count). The number of hydrogen-bond acceptors (Lipinski definition) is 5. The van der Waals surface area contributed by atoms with Crippen molar-refractivity contribution in [3.63, 3.8) is 0 Å². The molecule has 1 heterocycles. The number of amides is 1. The molecule has 1 aliphatic heterocycles. The highest BCUT2D eigenvalue weighted by atomic mass is 35.5. The van der Waals surface area contributed by atoms with Gasteiger partial charge in [0.15, 0.2) is 0 Å². The molecule has 3 aromatic carbocycles. The largest absolute Gasteiger partial charge is 0.416 e. The van der Waals surface area contributed by atoms with Crippen molar-refractivity contribution in [2.24, 2.45) is 0 Å². The van der Waals surface area contributed by atoms with Gasteiger partial charge in [0.05, 0.1) is 34.4 Å².